The Morgan fingerprint density at radius 3 is 2.33 bits per heavy atom. The summed E-state index contributed by atoms with van der Waals surface area (Å²) in [6.45, 7) is 4.74. The second-order valence-electron chi connectivity index (χ2n) is 4.37. The van der Waals surface area contributed by atoms with E-state index in [2.05, 4.69) is 19.9 Å². The van der Waals surface area contributed by atoms with Gasteiger partial charge in [0, 0.05) is 0 Å². The summed E-state index contributed by atoms with van der Waals surface area (Å²) >= 11 is 0. The van der Waals surface area contributed by atoms with Crippen LogP contribution in [-0.4, -0.2) is 20.8 Å². The van der Waals surface area contributed by atoms with Gasteiger partial charge in [-0.15, -0.1) is 0 Å². The minimum absolute atomic E-state index is 0.318. The molecule has 4 heteroatoms. The van der Waals surface area contributed by atoms with Gasteiger partial charge < -0.3 is 14.2 Å². The Labute approximate surface area is 108 Å². The third-order valence-corrected chi connectivity index (χ3v) is 2.36. The summed E-state index contributed by atoms with van der Waals surface area (Å²) in [4.78, 5) is 0. The molecule has 0 saturated carbocycles. The number of hydrogen-bond acceptors (Lipinski definition) is 4. The fourth-order valence-corrected chi connectivity index (χ4v) is 1.54. The second kappa shape index (κ2) is 6.75. The highest BCUT2D eigenvalue weighted by Gasteiger charge is 2.14. The van der Waals surface area contributed by atoms with Gasteiger partial charge in [0.25, 0.3) is 0 Å². The maximum Gasteiger partial charge on any atom is 0.203 e. The van der Waals surface area contributed by atoms with Crippen LogP contribution >= 0.6 is 0 Å². The van der Waals surface area contributed by atoms with Gasteiger partial charge in [-0.3, -0.25) is 0 Å². The van der Waals surface area contributed by atoms with E-state index in [-0.39, 0.29) is 0 Å². The summed E-state index contributed by atoms with van der Waals surface area (Å²) < 4.78 is 16.3. The van der Waals surface area contributed by atoms with Crippen LogP contribution in [-0.2, 0) is 6.42 Å². The lowest BCUT2D eigenvalue weighted by atomic mass is 10.1. The van der Waals surface area contributed by atoms with E-state index in [0.717, 1.165) is 5.56 Å². The Hall–Kier alpha value is -1.89. The third-order valence-electron chi connectivity index (χ3n) is 2.36. The van der Waals surface area contributed by atoms with Crippen LogP contribution in [0.15, 0.2) is 12.1 Å². The first-order valence-electron chi connectivity index (χ1n) is 5.87. The molecule has 0 saturated heterocycles. The van der Waals surface area contributed by atoms with E-state index in [1.165, 1.54) is 0 Å². The average Bonchev–Trinajstić information content (AvgIpc) is 2.35. The van der Waals surface area contributed by atoms with E-state index in [4.69, 9.17) is 19.5 Å². The summed E-state index contributed by atoms with van der Waals surface area (Å²) in [7, 11) is 3.14. The summed E-state index contributed by atoms with van der Waals surface area (Å²) in [6.07, 6.45) is 0.318. The van der Waals surface area contributed by atoms with Gasteiger partial charge in [0.1, 0.15) is 0 Å². The fraction of sp³-hybridized carbons (Fsp3) is 0.500. The lowest BCUT2D eigenvalue weighted by Gasteiger charge is -2.16. The van der Waals surface area contributed by atoms with E-state index < -0.39 is 0 Å². The van der Waals surface area contributed by atoms with Crippen molar-refractivity contribution in [3.05, 3.63) is 17.7 Å². The maximum absolute atomic E-state index is 8.76. The monoisotopic (exact) mass is 249 g/mol. The van der Waals surface area contributed by atoms with Gasteiger partial charge in [-0.05, 0) is 23.6 Å². The summed E-state index contributed by atoms with van der Waals surface area (Å²) in [5.74, 6) is 2.19. The van der Waals surface area contributed by atoms with Crippen molar-refractivity contribution in [2.24, 2.45) is 5.92 Å². The van der Waals surface area contributed by atoms with E-state index in [9.17, 15) is 0 Å². The normalized spacial score (nSPS) is 10.0. The molecular weight excluding hydrogens is 230 g/mol. The molecule has 98 valence electrons. The standard InChI is InChI=1S/C14H19NO3/c1-10(2)9-18-13-8-11(5-6-15)7-12(16-3)14(13)17-4/h7-8,10H,5,9H2,1-4H3. The molecule has 0 heterocycles. The van der Waals surface area contributed by atoms with Crippen LogP contribution in [0.25, 0.3) is 0 Å². The summed E-state index contributed by atoms with van der Waals surface area (Å²) in [5.41, 5.74) is 0.855. The number of hydrogen-bond donors (Lipinski definition) is 0. The number of methoxy groups -OCH3 is 2. The van der Waals surface area contributed by atoms with E-state index in [0.29, 0.717) is 36.2 Å². The molecule has 0 spiro atoms. The van der Waals surface area contributed by atoms with Crippen molar-refractivity contribution in [1.82, 2.24) is 0 Å². The molecule has 1 aromatic carbocycles. The van der Waals surface area contributed by atoms with Crippen LogP contribution in [0.4, 0.5) is 0 Å². The number of ether oxygens (including phenoxy) is 3. The van der Waals surface area contributed by atoms with Crippen LogP contribution in [0.3, 0.4) is 0 Å². The molecule has 0 unspecified atom stereocenters. The first-order valence-corrected chi connectivity index (χ1v) is 5.87. The zero-order chi connectivity index (χ0) is 13.5. The highest BCUT2D eigenvalue weighted by molar-refractivity contribution is 5.54. The van der Waals surface area contributed by atoms with Crippen molar-refractivity contribution in [2.45, 2.75) is 20.3 Å². The molecule has 0 aliphatic rings. The molecule has 1 rings (SSSR count). The van der Waals surface area contributed by atoms with Gasteiger partial charge in [0.05, 0.1) is 33.3 Å². The predicted molar refractivity (Wildman–Crippen MR) is 69.2 cm³/mol. The third kappa shape index (κ3) is 3.56. The largest absolute Gasteiger partial charge is 0.493 e. The topological polar surface area (TPSA) is 51.5 Å². The molecule has 4 nitrogen and oxygen atoms in total. The average molecular weight is 249 g/mol. The molecule has 0 aliphatic heterocycles. The Balaban J connectivity index is 3.10. The Bertz CT molecular complexity index is 435. The lowest BCUT2D eigenvalue weighted by molar-refractivity contribution is 0.251. The zero-order valence-electron chi connectivity index (χ0n) is 11.3. The summed E-state index contributed by atoms with van der Waals surface area (Å²) in [6, 6.07) is 5.74. The molecular formula is C14H19NO3. The lowest BCUT2D eigenvalue weighted by Crippen LogP contribution is -2.06. The van der Waals surface area contributed by atoms with Crippen LogP contribution in [0.5, 0.6) is 17.2 Å². The van der Waals surface area contributed by atoms with Crippen molar-refractivity contribution in [1.29, 1.82) is 5.26 Å². The molecule has 0 N–H and O–H groups in total. The molecule has 1 aromatic rings. The van der Waals surface area contributed by atoms with Crippen molar-refractivity contribution in [2.75, 3.05) is 20.8 Å². The number of rotatable bonds is 6. The van der Waals surface area contributed by atoms with Gasteiger partial charge in [-0.1, -0.05) is 13.8 Å². The highest BCUT2D eigenvalue weighted by atomic mass is 16.5. The van der Waals surface area contributed by atoms with Crippen LogP contribution < -0.4 is 14.2 Å². The van der Waals surface area contributed by atoms with Gasteiger partial charge >= 0.3 is 0 Å². The Kier molecular flexibility index (Phi) is 5.31. The van der Waals surface area contributed by atoms with Gasteiger partial charge in [0.2, 0.25) is 5.75 Å². The molecule has 0 atom stereocenters. The van der Waals surface area contributed by atoms with Crippen LogP contribution in [0.1, 0.15) is 19.4 Å². The predicted octanol–water partition coefficient (Wildman–Crippen LogP) is 2.80. The zero-order valence-corrected chi connectivity index (χ0v) is 11.3. The molecule has 0 amide bonds. The van der Waals surface area contributed by atoms with Crippen molar-refractivity contribution in [3.8, 4) is 23.3 Å². The first kappa shape index (κ1) is 14.2. The van der Waals surface area contributed by atoms with E-state index in [1.54, 1.807) is 20.3 Å². The minimum Gasteiger partial charge on any atom is -0.493 e. The quantitative estimate of drug-likeness (QED) is 0.778. The minimum atomic E-state index is 0.318. The molecule has 18 heavy (non-hydrogen) atoms. The van der Waals surface area contributed by atoms with E-state index >= 15 is 0 Å². The Morgan fingerprint density at radius 2 is 1.83 bits per heavy atom. The smallest absolute Gasteiger partial charge is 0.203 e. The van der Waals surface area contributed by atoms with Crippen molar-refractivity contribution < 1.29 is 14.2 Å². The Morgan fingerprint density at radius 1 is 1.17 bits per heavy atom. The van der Waals surface area contributed by atoms with Crippen LogP contribution in [0, 0.1) is 17.2 Å². The van der Waals surface area contributed by atoms with E-state index in [1.807, 2.05) is 6.07 Å². The fourth-order valence-electron chi connectivity index (χ4n) is 1.54. The second-order valence-corrected chi connectivity index (χ2v) is 4.37. The van der Waals surface area contributed by atoms with Crippen LogP contribution in [0.2, 0.25) is 0 Å². The number of nitriles is 1. The SMILES string of the molecule is COc1cc(CC#N)cc(OCC(C)C)c1OC. The molecule has 0 aliphatic carbocycles. The molecule has 0 fully saturated rings. The van der Waals surface area contributed by atoms with Crippen molar-refractivity contribution in [3.63, 3.8) is 0 Å². The number of nitrogens with zero attached hydrogens (tertiary/aromatic N) is 1. The first-order chi connectivity index (χ1) is 8.62. The molecule has 0 radical (unpaired) electrons. The molecule has 0 bridgehead atoms. The van der Waals surface area contributed by atoms with Gasteiger partial charge in [0.15, 0.2) is 11.5 Å². The van der Waals surface area contributed by atoms with Gasteiger partial charge in [-0.25, -0.2) is 0 Å². The molecule has 0 aromatic heterocycles. The number of benzene rings is 1. The summed E-state index contributed by atoms with van der Waals surface area (Å²) in [5, 5.41) is 8.76. The highest BCUT2D eigenvalue weighted by Crippen LogP contribution is 2.38. The van der Waals surface area contributed by atoms with Crippen molar-refractivity contribution >= 4 is 0 Å². The maximum atomic E-state index is 8.76. The van der Waals surface area contributed by atoms with Gasteiger partial charge in [-0.2, -0.15) is 5.26 Å².